The van der Waals surface area contributed by atoms with Crippen LogP contribution in [0.5, 0.6) is 11.5 Å². The Bertz CT molecular complexity index is 1160. The van der Waals surface area contributed by atoms with E-state index >= 15 is 0 Å². The molecule has 0 radical (unpaired) electrons. The first kappa shape index (κ1) is 25.4. The molecule has 0 aliphatic carbocycles. The average molecular weight is 494 g/mol. The van der Waals surface area contributed by atoms with Crippen LogP contribution in [-0.2, 0) is 19.6 Å². The molecule has 2 aromatic carbocycles. The summed E-state index contributed by atoms with van der Waals surface area (Å²) in [7, 11) is -4.31. The third-order valence-corrected chi connectivity index (χ3v) is 6.67. The zero-order valence-corrected chi connectivity index (χ0v) is 20.0. The number of likely N-dealkylation sites (N-methyl/N-ethyl adjacent to an activating group) is 1. The maximum Gasteiger partial charge on any atom is 0.244 e. The molecule has 0 unspecified atom stereocenters. The van der Waals surface area contributed by atoms with Gasteiger partial charge in [0.15, 0.2) is 11.5 Å². The van der Waals surface area contributed by atoms with Crippen molar-refractivity contribution in [3.05, 3.63) is 48.3 Å². The van der Waals surface area contributed by atoms with Crippen molar-refractivity contribution < 1.29 is 31.9 Å². The van der Waals surface area contributed by atoms with E-state index < -0.39 is 44.5 Å². The molecule has 184 valence electrons. The predicted molar refractivity (Wildman–Crippen MR) is 124 cm³/mol. The molecule has 2 N–H and O–H groups in total. The van der Waals surface area contributed by atoms with Gasteiger partial charge in [-0.1, -0.05) is 26.0 Å². The second-order valence-corrected chi connectivity index (χ2v) is 9.71. The second kappa shape index (κ2) is 10.8. The van der Waals surface area contributed by atoms with Crippen LogP contribution in [0.1, 0.15) is 20.8 Å². The Hall–Kier alpha value is -3.18. The van der Waals surface area contributed by atoms with Gasteiger partial charge in [0.05, 0.1) is 6.54 Å². The third-order valence-electron chi connectivity index (χ3n) is 5.19. The standard InChI is InChI=1S/C23H28FN3O6S/c1-4-27(14-21(28)25-16-9-10-18-19(13-16)33-12-11-32-18)23(29)22(15(2)3)26-34(30,31)20-8-6-5-7-17(20)24/h5-10,13,15,22,26H,4,11-12,14H2,1-3H3,(H,25,28)/t22-/m0/s1. The number of hydrogen-bond donors (Lipinski definition) is 2. The lowest BCUT2D eigenvalue weighted by Gasteiger charge is -2.28. The Morgan fingerprint density at radius 1 is 1.09 bits per heavy atom. The zero-order valence-electron chi connectivity index (χ0n) is 19.2. The van der Waals surface area contributed by atoms with Crippen LogP contribution in [0.2, 0.25) is 0 Å². The molecule has 3 rings (SSSR count). The zero-order chi connectivity index (χ0) is 24.9. The number of amides is 2. The van der Waals surface area contributed by atoms with Gasteiger partial charge in [-0.25, -0.2) is 12.8 Å². The van der Waals surface area contributed by atoms with Crippen molar-refractivity contribution in [2.24, 2.45) is 5.92 Å². The predicted octanol–water partition coefficient (Wildman–Crippen LogP) is 2.39. The number of ether oxygens (including phenoxy) is 2. The Morgan fingerprint density at radius 3 is 2.41 bits per heavy atom. The Balaban J connectivity index is 1.70. The summed E-state index contributed by atoms with van der Waals surface area (Å²) in [6.07, 6.45) is 0. The second-order valence-electron chi connectivity index (χ2n) is 8.03. The summed E-state index contributed by atoms with van der Waals surface area (Å²) >= 11 is 0. The summed E-state index contributed by atoms with van der Waals surface area (Å²) in [5.41, 5.74) is 0.471. The normalized spacial score (nSPS) is 13.9. The summed E-state index contributed by atoms with van der Waals surface area (Å²) in [4.78, 5) is 26.5. The molecule has 0 aromatic heterocycles. The van der Waals surface area contributed by atoms with Gasteiger partial charge in [0.1, 0.15) is 30.0 Å². The number of fused-ring (bicyclic) bond motifs is 1. The number of benzene rings is 2. The van der Waals surface area contributed by atoms with Crippen LogP contribution in [0.15, 0.2) is 47.4 Å². The molecule has 1 aliphatic heterocycles. The van der Waals surface area contributed by atoms with Gasteiger partial charge >= 0.3 is 0 Å². The van der Waals surface area contributed by atoms with E-state index in [1.54, 1.807) is 39.0 Å². The summed E-state index contributed by atoms with van der Waals surface area (Å²) in [6.45, 7) is 5.72. The third kappa shape index (κ3) is 6.03. The van der Waals surface area contributed by atoms with Crippen LogP contribution in [0.25, 0.3) is 0 Å². The van der Waals surface area contributed by atoms with Gasteiger partial charge in [0.2, 0.25) is 21.8 Å². The lowest BCUT2D eigenvalue weighted by atomic mass is 10.0. The quantitative estimate of drug-likeness (QED) is 0.555. The van der Waals surface area contributed by atoms with Crippen molar-refractivity contribution in [1.29, 1.82) is 0 Å². The minimum atomic E-state index is -4.31. The van der Waals surface area contributed by atoms with Crippen LogP contribution in [0.3, 0.4) is 0 Å². The summed E-state index contributed by atoms with van der Waals surface area (Å²) in [5, 5.41) is 2.70. The molecule has 11 heteroatoms. The van der Waals surface area contributed by atoms with Crippen LogP contribution < -0.4 is 19.5 Å². The van der Waals surface area contributed by atoms with Crippen molar-refractivity contribution in [1.82, 2.24) is 9.62 Å². The number of nitrogens with zero attached hydrogens (tertiary/aromatic N) is 1. The molecule has 0 fully saturated rings. The monoisotopic (exact) mass is 493 g/mol. The van der Waals surface area contributed by atoms with Gasteiger partial charge in [0.25, 0.3) is 0 Å². The lowest BCUT2D eigenvalue weighted by Crippen LogP contribution is -2.52. The number of anilines is 1. The summed E-state index contributed by atoms with van der Waals surface area (Å²) < 4.78 is 52.8. The molecular formula is C23H28FN3O6S. The van der Waals surface area contributed by atoms with E-state index in [9.17, 15) is 22.4 Å². The number of hydrogen-bond acceptors (Lipinski definition) is 6. The van der Waals surface area contributed by atoms with Gasteiger partial charge < -0.3 is 19.7 Å². The van der Waals surface area contributed by atoms with E-state index in [4.69, 9.17) is 9.47 Å². The van der Waals surface area contributed by atoms with Crippen LogP contribution >= 0.6 is 0 Å². The first-order chi connectivity index (χ1) is 16.1. The molecule has 2 amide bonds. The van der Waals surface area contributed by atoms with Gasteiger partial charge in [0, 0.05) is 18.3 Å². The number of halogens is 1. The summed E-state index contributed by atoms with van der Waals surface area (Å²) in [5.74, 6) is -1.34. The maximum atomic E-state index is 14.1. The Labute approximate surface area is 198 Å². The van der Waals surface area contributed by atoms with Crippen LogP contribution in [0, 0.1) is 11.7 Å². The minimum absolute atomic E-state index is 0.165. The first-order valence-electron chi connectivity index (χ1n) is 10.9. The van der Waals surface area contributed by atoms with Crippen LogP contribution in [-0.4, -0.2) is 57.5 Å². The fraction of sp³-hybridized carbons (Fsp3) is 0.391. The highest BCUT2D eigenvalue weighted by Crippen LogP contribution is 2.32. The maximum absolute atomic E-state index is 14.1. The fourth-order valence-corrected chi connectivity index (χ4v) is 4.82. The number of sulfonamides is 1. The molecule has 0 saturated heterocycles. The molecule has 34 heavy (non-hydrogen) atoms. The fourth-order valence-electron chi connectivity index (χ4n) is 3.40. The molecule has 9 nitrogen and oxygen atoms in total. The average Bonchev–Trinajstić information content (AvgIpc) is 2.80. The van der Waals surface area contributed by atoms with Crippen molar-refractivity contribution >= 4 is 27.5 Å². The molecule has 1 heterocycles. The van der Waals surface area contributed by atoms with Crippen molar-refractivity contribution in [2.45, 2.75) is 31.7 Å². The number of nitrogens with one attached hydrogen (secondary N) is 2. The highest BCUT2D eigenvalue weighted by Gasteiger charge is 2.33. The van der Waals surface area contributed by atoms with E-state index in [1.165, 1.54) is 17.0 Å². The largest absolute Gasteiger partial charge is 0.486 e. The lowest BCUT2D eigenvalue weighted by molar-refractivity contribution is -0.136. The van der Waals surface area contributed by atoms with Crippen molar-refractivity contribution in [3.8, 4) is 11.5 Å². The smallest absolute Gasteiger partial charge is 0.244 e. The summed E-state index contributed by atoms with van der Waals surface area (Å²) in [6, 6.07) is 8.69. The molecule has 0 spiro atoms. The van der Waals surface area contributed by atoms with Crippen molar-refractivity contribution in [3.63, 3.8) is 0 Å². The minimum Gasteiger partial charge on any atom is -0.486 e. The molecular weight excluding hydrogens is 465 g/mol. The topological polar surface area (TPSA) is 114 Å². The van der Waals surface area contributed by atoms with E-state index in [-0.39, 0.29) is 13.1 Å². The first-order valence-corrected chi connectivity index (χ1v) is 12.4. The van der Waals surface area contributed by atoms with E-state index in [0.29, 0.717) is 30.4 Å². The van der Waals surface area contributed by atoms with E-state index in [2.05, 4.69) is 10.0 Å². The SMILES string of the molecule is CCN(CC(=O)Nc1ccc2c(c1)OCCO2)C(=O)[C@@H](NS(=O)(=O)c1ccccc1F)C(C)C. The Kier molecular flexibility index (Phi) is 8.11. The highest BCUT2D eigenvalue weighted by atomic mass is 32.2. The highest BCUT2D eigenvalue weighted by molar-refractivity contribution is 7.89. The molecule has 0 saturated carbocycles. The molecule has 2 aromatic rings. The molecule has 1 aliphatic rings. The van der Waals surface area contributed by atoms with Gasteiger partial charge in [-0.2, -0.15) is 4.72 Å². The number of carbonyl (C=O) groups excluding carboxylic acids is 2. The van der Waals surface area contributed by atoms with E-state index in [1.807, 2.05) is 0 Å². The van der Waals surface area contributed by atoms with E-state index in [0.717, 1.165) is 12.1 Å². The molecule has 0 bridgehead atoms. The van der Waals surface area contributed by atoms with Crippen molar-refractivity contribution in [2.75, 3.05) is 31.6 Å². The number of rotatable bonds is 9. The van der Waals surface area contributed by atoms with Gasteiger partial charge in [-0.3, -0.25) is 9.59 Å². The van der Waals surface area contributed by atoms with Gasteiger partial charge in [-0.15, -0.1) is 0 Å². The Morgan fingerprint density at radius 2 is 1.76 bits per heavy atom. The molecule has 1 atom stereocenters. The van der Waals surface area contributed by atoms with Gasteiger partial charge in [-0.05, 0) is 37.1 Å². The number of carbonyl (C=O) groups is 2. The van der Waals surface area contributed by atoms with Crippen LogP contribution in [0.4, 0.5) is 10.1 Å².